The molecular weight excluding hydrogens is 392 g/mol. The Morgan fingerprint density at radius 1 is 0.630 bits per heavy atom. The molecule has 0 heterocycles. The van der Waals surface area contributed by atoms with Crippen molar-refractivity contribution in [3.8, 4) is 0 Å². The van der Waals surface area contributed by atoms with Gasteiger partial charge in [-0.3, -0.25) is 0 Å². The molecule has 0 spiro atoms. The molecule has 162 valence electrons. The summed E-state index contributed by atoms with van der Waals surface area (Å²) in [5, 5.41) is 7.88. The summed E-state index contributed by atoms with van der Waals surface area (Å²) in [4.78, 5) is 12.0. The van der Waals surface area contributed by atoms with E-state index in [4.69, 9.17) is 5.11 Å². The summed E-state index contributed by atoms with van der Waals surface area (Å²) >= 11 is 0. The van der Waals surface area contributed by atoms with Crippen molar-refractivity contribution in [1.82, 2.24) is 0 Å². The first-order valence-electron chi connectivity index (χ1n) is 11.1. The van der Waals surface area contributed by atoms with E-state index in [0.29, 0.717) is 6.61 Å². The average molecular weight is 439 g/mol. The standard InChI is InChI=1S/C18H34OSi.C3H8O.2H2O.Ti/c19-20(16-10-4-1-5-11-16,17-12-6-2-7-13-17)18-14-8-3-9-15-18;1-2-3-4;;;/h16-19H,1-15H2;4H,2-3H2,1H3;2*1H2;. The van der Waals surface area contributed by atoms with Gasteiger partial charge in [0.05, 0.1) is 0 Å². The van der Waals surface area contributed by atoms with Gasteiger partial charge >= 0.3 is 0 Å². The van der Waals surface area contributed by atoms with Gasteiger partial charge in [-0.15, -0.1) is 0 Å². The molecule has 0 aromatic rings. The molecule has 6 N–H and O–H groups in total. The molecule has 0 aromatic carbocycles. The third-order valence-corrected chi connectivity index (χ3v) is 12.7. The predicted molar refractivity (Wildman–Crippen MR) is 113 cm³/mol. The van der Waals surface area contributed by atoms with Crippen LogP contribution in [-0.4, -0.2) is 35.8 Å². The van der Waals surface area contributed by atoms with Crippen LogP contribution in [0.2, 0.25) is 16.6 Å². The molecule has 4 nitrogen and oxygen atoms in total. The molecule has 3 rings (SSSR count). The molecule has 3 fully saturated rings. The quantitative estimate of drug-likeness (QED) is 0.623. The van der Waals surface area contributed by atoms with Crippen LogP contribution in [0.4, 0.5) is 0 Å². The second-order valence-corrected chi connectivity index (χ2v) is 12.8. The minimum atomic E-state index is -2.05. The first-order valence-corrected chi connectivity index (χ1v) is 13.2. The van der Waals surface area contributed by atoms with Crippen LogP contribution < -0.4 is 0 Å². The van der Waals surface area contributed by atoms with E-state index in [0.717, 1.165) is 23.0 Å². The second kappa shape index (κ2) is 16.6. The van der Waals surface area contributed by atoms with Crippen molar-refractivity contribution >= 4 is 8.32 Å². The Kier molecular flexibility index (Phi) is 18.4. The third kappa shape index (κ3) is 8.57. The summed E-state index contributed by atoms with van der Waals surface area (Å²) in [6, 6.07) is 0. The summed E-state index contributed by atoms with van der Waals surface area (Å²) in [5.74, 6) is 0. The number of hydrogen-bond acceptors (Lipinski definition) is 2. The van der Waals surface area contributed by atoms with Gasteiger partial charge in [0.25, 0.3) is 0 Å². The fourth-order valence-electron chi connectivity index (χ4n) is 5.70. The molecule has 0 amide bonds. The monoisotopic (exact) mass is 438 g/mol. The molecule has 3 saturated carbocycles. The first kappa shape index (κ1) is 30.0. The molecule has 0 aromatic heterocycles. The van der Waals surface area contributed by atoms with E-state index < -0.39 is 8.32 Å². The molecule has 0 radical (unpaired) electrons. The number of hydrogen-bond donors (Lipinski definition) is 2. The molecule has 0 unspecified atom stereocenters. The van der Waals surface area contributed by atoms with Gasteiger partial charge in [0.1, 0.15) is 0 Å². The van der Waals surface area contributed by atoms with Gasteiger partial charge < -0.3 is 20.9 Å². The fraction of sp³-hybridized carbons (Fsp3) is 1.00. The van der Waals surface area contributed by atoms with Crippen molar-refractivity contribution in [1.29, 1.82) is 0 Å². The zero-order valence-electron chi connectivity index (χ0n) is 17.6. The van der Waals surface area contributed by atoms with Crippen LogP contribution in [-0.2, 0) is 21.7 Å². The summed E-state index contributed by atoms with van der Waals surface area (Å²) in [6.45, 7) is 2.25. The van der Waals surface area contributed by atoms with Crippen LogP contribution in [0.3, 0.4) is 0 Å². The van der Waals surface area contributed by atoms with E-state index >= 15 is 0 Å². The summed E-state index contributed by atoms with van der Waals surface area (Å²) in [5.41, 5.74) is 2.30. The van der Waals surface area contributed by atoms with Crippen molar-refractivity contribution < 1.29 is 42.6 Å². The SMILES string of the molecule is CCCO.O.O.O[Si](C1CCCCC1)(C1CCCCC1)C1CCCCC1.[Ti]. The third-order valence-electron chi connectivity index (χ3n) is 7.00. The normalized spacial score (nSPS) is 22.3. The van der Waals surface area contributed by atoms with Gasteiger partial charge in [0.2, 0.25) is 0 Å². The van der Waals surface area contributed by atoms with Gasteiger partial charge in [-0.2, -0.15) is 0 Å². The minimum absolute atomic E-state index is 0. The van der Waals surface area contributed by atoms with Crippen LogP contribution in [0, 0.1) is 0 Å². The summed E-state index contributed by atoms with van der Waals surface area (Å²) in [6.07, 6.45) is 21.8. The molecule has 0 bridgehead atoms. The van der Waals surface area contributed by atoms with Crippen molar-refractivity contribution in [2.45, 2.75) is 126 Å². The summed E-state index contributed by atoms with van der Waals surface area (Å²) in [7, 11) is -2.05. The number of aliphatic hydroxyl groups is 1. The zero-order valence-corrected chi connectivity index (χ0v) is 20.2. The van der Waals surface area contributed by atoms with Crippen molar-refractivity contribution in [3.05, 3.63) is 0 Å². The maximum Gasteiger partial charge on any atom is 0.197 e. The Hall–Kier alpha value is 0.771. The first-order chi connectivity index (χ1) is 11.7. The van der Waals surface area contributed by atoms with E-state index in [9.17, 15) is 4.80 Å². The maximum absolute atomic E-state index is 12.0. The molecular formula is C21H46O4SiTi. The smallest absolute Gasteiger partial charge is 0.197 e. The fourth-order valence-corrected chi connectivity index (χ4v) is 11.7. The Morgan fingerprint density at radius 2 is 0.852 bits per heavy atom. The minimum Gasteiger partial charge on any atom is -0.431 e. The van der Waals surface area contributed by atoms with Crippen LogP contribution in [0.5, 0.6) is 0 Å². The molecule has 27 heavy (non-hydrogen) atoms. The van der Waals surface area contributed by atoms with Crippen LogP contribution >= 0.6 is 0 Å². The van der Waals surface area contributed by atoms with E-state index in [1.807, 2.05) is 6.92 Å². The van der Waals surface area contributed by atoms with Crippen molar-refractivity contribution in [2.24, 2.45) is 0 Å². The predicted octanol–water partition coefficient (Wildman–Crippen LogP) is 4.66. The Balaban J connectivity index is 0. The molecule has 3 aliphatic carbocycles. The van der Waals surface area contributed by atoms with Gasteiger partial charge in [0.15, 0.2) is 8.32 Å². The number of aliphatic hydroxyl groups excluding tert-OH is 1. The van der Waals surface area contributed by atoms with Crippen molar-refractivity contribution in [3.63, 3.8) is 0 Å². The van der Waals surface area contributed by atoms with Gasteiger partial charge in [-0.05, 0) is 23.0 Å². The van der Waals surface area contributed by atoms with E-state index in [1.54, 1.807) is 0 Å². The van der Waals surface area contributed by atoms with Gasteiger partial charge in [-0.25, -0.2) is 0 Å². The van der Waals surface area contributed by atoms with Crippen LogP contribution in [0.1, 0.15) is 110 Å². The van der Waals surface area contributed by atoms with Crippen LogP contribution in [0.15, 0.2) is 0 Å². The topological polar surface area (TPSA) is 103 Å². The second-order valence-electron chi connectivity index (χ2n) is 8.62. The van der Waals surface area contributed by atoms with E-state index in [1.165, 1.54) is 96.3 Å². The van der Waals surface area contributed by atoms with Crippen LogP contribution in [0.25, 0.3) is 0 Å². The average Bonchev–Trinajstić information content (AvgIpc) is 2.69. The molecule has 3 aliphatic rings. The molecule has 0 aliphatic heterocycles. The number of rotatable bonds is 4. The maximum atomic E-state index is 12.0. The van der Waals surface area contributed by atoms with E-state index in [-0.39, 0.29) is 32.7 Å². The molecule has 6 heteroatoms. The van der Waals surface area contributed by atoms with Gasteiger partial charge in [-0.1, -0.05) is 103 Å². The zero-order chi connectivity index (χ0) is 17.3. The van der Waals surface area contributed by atoms with E-state index in [2.05, 4.69) is 0 Å². The Bertz CT molecular complexity index is 281. The molecule has 0 saturated heterocycles. The molecule has 0 atom stereocenters. The Labute approximate surface area is 183 Å². The largest absolute Gasteiger partial charge is 0.431 e. The summed E-state index contributed by atoms with van der Waals surface area (Å²) < 4.78 is 0. The Morgan fingerprint density at radius 3 is 1.04 bits per heavy atom. The van der Waals surface area contributed by atoms with Crippen molar-refractivity contribution in [2.75, 3.05) is 6.61 Å². The van der Waals surface area contributed by atoms with Gasteiger partial charge in [0, 0.05) is 28.3 Å².